The predicted octanol–water partition coefficient (Wildman–Crippen LogP) is 1.07. The van der Waals surface area contributed by atoms with E-state index in [0.717, 1.165) is 0 Å². The van der Waals surface area contributed by atoms with Crippen molar-refractivity contribution in [2.75, 3.05) is 14.2 Å². The SMILES string of the molecule is COc1cc(CN)c([N+](=O)[O-])cc1OC. The van der Waals surface area contributed by atoms with E-state index < -0.39 is 4.92 Å². The Morgan fingerprint density at radius 3 is 2.27 bits per heavy atom. The molecule has 0 radical (unpaired) electrons. The lowest BCUT2D eigenvalue weighted by molar-refractivity contribution is -0.385. The molecule has 15 heavy (non-hydrogen) atoms. The van der Waals surface area contributed by atoms with Gasteiger partial charge in [0.2, 0.25) is 0 Å². The van der Waals surface area contributed by atoms with Gasteiger partial charge in [-0.2, -0.15) is 0 Å². The number of nitro benzene ring substituents is 1. The van der Waals surface area contributed by atoms with Gasteiger partial charge in [0.05, 0.1) is 25.2 Å². The van der Waals surface area contributed by atoms with Gasteiger partial charge in [-0.05, 0) is 6.07 Å². The van der Waals surface area contributed by atoms with Gasteiger partial charge in [-0.15, -0.1) is 0 Å². The molecule has 1 rings (SSSR count). The summed E-state index contributed by atoms with van der Waals surface area (Å²) in [4.78, 5) is 10.2. The highest BCUT2D eigenvalue weighted by atomic mass is 16.6. The molecule has 82 valence electrons. The summed E-state index contributed by atoms with van der Waals surface area (Å²) in [5.74, 6) is 0.755. The molecule has 1 aromatic rings. The number of nitrogens with two attached hydrogens (primary N) is 1. The molecular formula is C9H12N2O4. The van der Waals surface area contributed by atoms with Crippen LogP contribution in [0.2, 0.25) is 0 Å². The first-order valence-corrected chi connectivity index (χ1v) is 4.23. The third-order valence-electron chi connectivity index (χ3n) is 2.00. The van der Waals surface area contributed by atoms with Gasteiger partial charge in [-0.25, -0.2) is 0 Å². The molecule has 6 nitrogen and oxygen atoms in total. The quantitative estimate of drug-likeness (QED) is 0.595. The highest BCUT2D eigenvalue weighted by molar-refractivity contribution is 5.54. The Balaban J connectivity index is 3.34. The Morgan fingerprint density at radius 2 is 1.87 bits per heavy atom. The molecule has 6 heteroatoms. The number of ether oxygens (including phenoxy) is 2. The van der Waals surface area contributed by atoms with E-state index in [1.807, 2.05) is 0 Å². The molecule has 0 aliphatic heterocycles. The fourth-order valence-corrected chi connectivity index (χ4v) is 1.24. The Bertz CT molecular complexity index is 379. The van der Waals surface area contributed by atoms with Crippen molar-refractivity contribution in [3.63, 3.8) is 0 Å². The Kier molecular flexibility index (Phi) is 3.46. The van der Waals surface area contributed by atoms with Gasteiger partial charge in [-0.3, -0.25) is 10.1 Å². The summed E-state index contributed by atoms with van der Waals surface area (Å²) in [7, 11) is 2.88. The molecule has 0 bridgehead atoms. The van der Waals surface area contributed by atoms with E-state index in [9.17, 15) is 10.1 Å². The number of methoxy groups -OCH3 is 2. The molecule has 0 heterocycles. The predicted molar refractivity (Wildman–Crippen MR) is 54.1 cm³/mol. The number of benzene rings is 1. The first-order valence-electron chi connectivity index (χ1n) is 4.23. The van der Waals surface area contributed by atoms with Crippen molar-refractivity contribution in [2.45, 2.75) is 6.54 Å². The molecule has 0 saturated heterocycles. The largest absolute Gasteiger partial charge is 0.493 e. The fourth-order valence-electron chi connectivity index (χ4n) is 1.24. The van der Waals surface area contributed by atoms with Gasteiger partial charge < -0.3 is 15.2 Å². The zero-order chi connectivity index (χ0) is 11.4. The van der Waals surface area contributed by atoms with Crippen LogP contribution in [-0.2, 0) is 6.54 Å². The van der Waals surface area contributed by atoms with E-state index in [-0.39, 0.29) is 12.2 Å². The fraction of sp³-hybridized carbons (Fsp3) is 0.333. The minimum Gasteiger partial charge on any atom is -0.493 e. The van der Waals surface area contributed by atoms with Crippen molar-refractivity contribution in [3.05, 3.63) is 27.8 Å². The highest BCUT2D eigenvalue weighted by Crippen LogP contribution is 2.34. The third-order valence-corrected chi connectivity index (χ3v) is 2.00. The molecular weight excluding hydrogens is 200 g/mol. The van der Waals surface area contributed by atoms with Crippen LogP contribution in [0.5, 0.6) is 11.5 Å². The number of rotatable bonds is 4. The molecule has 0 atom stereocenters. The number of hydrogen-bond acceptors (Lipinski definition) is 5. The van der Waals surface area contributed by atoms with Crippen LogP contribution in [0.25, 0.3) is 0 Å². The standard InChI is InChI=1S/C9H12N2O4/c1-14-8-3-6(5-10)7(11(12)13)4-9(8)15-2/h3-4H,5,10H2,1-2H3. The number of nitro groups is 1. The van der Waals surface area contributed by atoms with Gasteiger partial charge in [-0.1, -0.05) is 0 Å². The van der Waals surface area contributed by atoms with E-state index in [2.05, 4.69) is 0 Å². The van der Waals surface area contributed by atoms with Crippen LogP contribution in [0.3, 0.4) is 0 Å². The molecule has 0 amide bonds. The maximum absolute atomic E-state index is 10.7. The average molecular weight is 212 g/mol. The van der Waals surface area contributed by atoms with Crippen molar-refractivity contribution in [1.82, 2.24) is 0 Å². The second-order valence-electron chi connectivity index (χ2n) is 2.80. The first-order chi connectivity index (χ1) is 7.13. The summed E-state index contributed by atoms with van der Waals surface area (Å²) in [5.41, 5.74) is 5.76. The normalized spacial score (nSPS) is 9.80. The zero-order valence-corrected chi connectivity index (χ0v) is 8.52. The minimum atomic E-state index is -0.496. The molecule has 0 aliphatic carbocycles. The Labute approximate surface area is 86.7 Å². The van der Waals surface area contributed by atoms with Crippen LogP contribution in [0.4, 0.5) is 5.69 Å². The van der Waals surface area contributed by atoms with Crippen LogP contribution >= 0.6 is 0 Å². The van der Waals surface area contributed by atoms with Crippen LogP contribution in [0, 0.1) is 10.1 Å². The maximum atomic E-state index is 10.7. The first kappa shape index (κ1) is 11.3. The van der Waals surface area contributed by atoms with E-state index in [1.54, 1.807) is 0 Å². The molecule has 0 saturated carbocycles. The molecule has 0 aliphatic rings. The lowest BCUT2D eigenvalue weighted by atomic mass is 10.1. The van der Waals surface area contributed by atoms with Crippen molar-refractivity contribution in [2.24, 2.45) is 5.73 Å². The lowest BCUT2D eigenvalue weighted by Gasteiger charge is -2.09. The summed E-state index contributed by atoms with van der Waals surface area (Å²) >= 11 is 0. The van der Waals surface area contributed by atoms with Crippen molar-refractivity contribution in [1.29, 1.82) is 0 Å². The molecule has 2 N–H and O–H groups in total. The topological polar surface area (TPSA) is 87.6 Å². The van der Waals surface area contributed by atoms with Crippen molar-refractivity contribution < 1.29 is 14.4 Å². The van der Waals surface area contributed by atoms with Crippen LogP contribution in [0.1, 0.15) is 5.56 Å². The smallest absolute Gasteiger partial charge is 0.277 e. The molecule has 0 unspecified atom stereocenters. The second-order valence-corrected chi connectivity index (χ2v) is 2.80. The monoisotopic (exact) mass is 212 g/mol. The van der Waals surface area contributed by atoms with Crippen LogP contribution < -0.4 is 15.2 Å². The molecule has 0 aromatic heterocycles. The lowest BCUT2D eigenvalue weighted by Crippen LogP contribution is -2.03. The van der Waals surface area contributed by atoms with Gasteiger partial charge in [0.1, 0.15) is 0 Å². The average Bonchev–Trinajstić information content (AvgIpc) is 2.26. The van der Waals surface area contributed by atoms with E-state index in [0.29, 0.717) is 17.1 Å². The molecule has 1 aromatic carbocycles. The van der Waals surface area contributed by atoms with E-state index in [1.165, 1.54) is 26.4 Å². The van der Waals surface area contributed by atoms with Gasteiger partial charge in [0.15, 0.2) is 11.5 Å². The van der Waals surface area contributed by atoms with Gasteiger partial charge in [0, 0.05) is 12.1 Å². The summed E-state index contributed by atoms with van der Waals surface area (Å²) in [5, 5.41) is 10.7. The van der Waals surface area contributed by atoms with E-state index in [4.69, 9.17) is 15.2 Å². The van der Waals surface area contributed by atoms with Crippen molar-refractivity contribution in [3.8, 4) is 11.5 Å². The van der Waals surface area contributed by atoms with E-state index >= 15 is 0 Å². The highest BCUT2D eigenvalue weighted by Gasteiger charge is 2.17. The summed E-state index contributed by atoms with van der Waals surface area (Å²) in [6.07, 6.45) is 0. The van der Waals surface area contributed by atoms with Gasteiger partial charge in [0.25, 0.3) is 5.69 Å². The number of nitrogens with zero attached hydrogens (tertiary/aromatic N) is 1. The Hall–Kier alpha value is -1.82. The van der Waals surface area contributed by atoms with Crippen LogP contribution in [0.15, 0.2) is 12.1 Å². The molecule has 0 spiro atoms. The third kappa shape index (κ3) is 2.16. The molecule has 0 fully saturated rings. The minimum absolute atomic E-state index is 0.0600. The summed E-state index contributed by atoms with van der Waals surface area (Å²) in [6.45, 7) is 0.0800. The zero-order valence-electron chi connectivity index (χ0n) is 8.52. The summed E-state index contributed by atoms with van der Waals surface area (Å²) in [6, 6.07) is 2.82. The van der Waals surface area contributed by atoms with Gasteiger partial charge >= 0.3 is 0 Å². The van der Waals surface area contributed by atoms with Crippen LogP contribution in [-0.4, -0.2) is 19.1 Å². The van der Waals surface area contributed by atoms with Crippen molar-refractivity contribution >= 4 is 5.69 Å². The Morgan fingerprint density at radius 1 is 1.33 bits per heavy atom. The second kappa shape index (κ2) is 4.61. The number of hydrogen-bond donors (Lipinski definition) is 1. The summed E-state index contributed by atoms with van der Waals surface area (Å²) < 4.78 is 9.97. The maximum Gasteiger partial charge on any atom is 0.277 e.